The zero-order chi connectivity index (χ0) is 19.4. The van der Waals surface area contributed by atoms with E-state index in [0.29, 0.717) is 25.3 Å². The summed E-state index contributed by atoms with van der Waals surface area (Å²) < 4.78 is 5.31. The van der Waals surface area contributed by atoms with Crippen LogP contribution < -0.4 is 0 Å². The minimum Gasteiger partial charge on any atom is -0.462 e. The number of hydrogen-bond acceptors (Lipinski definition) is 6. The van der Waals surface area contributed by atoms with Gasteiger partial charge in [0.25, 0.3) is 0 Å². The predicted octanol–water partition coefficient (Wildman–Crippen LogP) is 4.37. The van der Waals surface area contributed by atoms with Crippen molar-refractivity contribution in [2.24, 2.45) is 0 Å². The minimum absolute atomic E-state index is 0.307. The van der Waals surface area contributed by atoms with Gasteiger partial charge in [-0.25, -0.2) is 9.78 Å². The first-order chi connectivity index (χ1) is 13.0. The molecule has 0 unspecified atom stereocenters. The molecule has 0 amide bonds. The van der Waals surface area contributed by atoms with Crippen LogP contribution in [0.25, 0.3) is 10.9 Å². The Kier molecular flexibility index (Phi) is 6.19. The van der Waals surface area contributed by atoms with Gasteiger partial charge in [0.2, 0.25) is 0 Å². The lowest BCUT2D eigenvalue weighted by Crippen LogP contribution is -2.22. The van der Waals surface area contributed by atoms with E-state index in [1.165, 1.54) is 0 Å². The molecule has 0 aliphatic rings. The van der Waals surface area contributed by atoms with E-state index >= 15 is 0 Å². The Morgan fingerprint density at radius 2 is 1.96 bits per heavy atom. The number of pyridine rings is 1. The highest BCUT2D eigenvalue weighted by Gasteiger charge is 2.21. The van der Waals surface area contributed by atoms with Crippen LogP contribution in [0, 0.1) is 6.92 Å². The maximum Gasteiger partial charge on any atom is 0.340 e. The van der Waals surface area contributed by atoms with Crippen molar-refractivity contribution >= 4 is 28.2 Å². The van der Waals surface area contributed by atoms with Crippen molar-refractivity contribution in [2.45, 2.75) is 40.3 Å². The third kappa shape index (κ3) is 4.34. The van der Waals surface area contributed by atoms with Gasteiger partial charge in [-0.1, -0.05) is 25.1 Å². The lowest BCUT2D eigenvalue weighted by Gasteiger charge is -2.19. The van der Waals surface area contributed by atoms with Crippen molar-refractivity contribution in [3.05, 3.63) is 57.2 Å². The Balaban J connectivity index is 1.93. The van der Waals surface area contributed by atoms with Crippen molar-refractivity contribution in [2.75, 3.05) is 13.7 Å². The molecule has 3 rings (SSSR count). The summed E-state index contributed by atoms with van der Waals surface area (Å²) >= 11 is 1.69. The fraction of sp³-hybridized carbons (Fsp3) is 0.381. The molecule has 0 fully saturated rings. The fourth-order valence-corrected chi connectivity index (χ4v) is 3.94. The van der Waals surface area contributed by atoms with E-state index in [4.69, 9.17) is 9.72 Å². The third-order valence-corrected chi connectivity index (χ3v) is 5.50. The predicted molar refractivity (Wildman–Crippen MR) is 109 cm³/mol. The van der Waals surface area contributed by atoms with Crippen molar-refractivity contribution in [1.82, 2.24) is 14.9 Å². The lowest BCUT2D eigenvalue weighted by molar-refractivity contribution is 0.0522. The number of aryl methyl sites for hydroxylation is 2. The van der Waals surface area contributed by atoms with Crippen LogP contribution in [0.2, 0.25) is 0 Å². The van der Waals surface area contributed by atoms with Gasteiger partial charge in [-0.15, -0.1) is 11.3 Å². The van der Waals surface area contributed by atoms with Gasteiger partial charge in [-0.05, 0) is 38.9 Å². The van der Waals surface area contributed by atoms with Crippen molar-refractivity contribution in [3.63, 3.8) is 0 Å². The highest BCUT2D eigenvalue weighted by atomic mass is 32.1. The molecule has 0 N–H and O–H groups in total. The quantitative estimate of drug-likeness (QED) is 0.567. The van der Waals surface area contributed by atoms with E-state index in [2.05, 4.69) is 22.2 Å². The summed E-state index contributed by atoms with van der Waals surface area (Å²) in [6, 6.07) is 7.91. The number of aromatic nitrogens is 2. The molecule has 2 aromatic heterocycles. The van der Waals surface area contributed by atoms with Gasteiger partial charge >= 0.3 is 5.97 Å². The first kappa shape index (κ1) is 19.5. The summed E-state index contributed by atoms with van der Waals surface area (Å²) in [7, 11) is 2.02. The second-order valence-electron chi connectivity index (χ2n) is 6.55. The van der Waals surface area contributed by atoms with Crippen LogP contribution in [0.1, 0.15) is 46.2 Å². The molecular weight excluding hydrogens is 358 g/mol. The fourth-order valence-electron chi connectivity index (χ4n) is 3.20. The van der Waals surface area contributed by atoms with E-state index < -0.39 is 0 Å². The topological polar surface area (TPSA) is 55.3 Å². The third-order valence-electron chi connectivity index (χ3n) is 4.46. The Morgan fingerprint density at radius 3 is 2.67 bits per heavy atom. The summed E-state index contributed by atoms with van der Waals surface area (Å²) in [5.74, 6) is -0.307. The molecule has 2 heterocycles. The molecule has 1 aromatic carbocycles. The second kappa shape index (κ2) is 8.59. The molecule has 0 atom stereocenters. The largest absolute Gasteiger partial charge is 0.462 e. The Morgan fingerprint density at radius 1 is 1.19 bits per heavy atom. The zero-order valence-electron chi connectivity index (χ0n) is 16.3. The standard InChI is InChI=1S/C21H25N3O2S/c1-5-19-22-15(13-27-19)11-24(4)12-18-20(21(25)26-6-2)14(3)16-9-7-8-10-17(16)23-18/h7-10,13H,5-6,11-12H2,1-4H3. The van der Waals surface area contributed by atoms with Gasteiger partial charge in [0.1, 0.15) is 0 Å². The number of esters is 1. The molecule has 6 heteroatoms. The number of carbonyl (C=O) groups excluding carboxylic acids is 1. The smallest absolute Gasteiger partial charge is 0.340 e. The number of para-hydroxylation sites is 1. The molecule has 0 aliphatic heterocycles. The molecular formula is C21H25N3O2S. The van der Waals surface area contributed by atoms with Gasteiger partial charge < -0.3 is 4.74 Å². The van der Waals surface area contributed by atoms with E-state index in [1.807, 2.05) is 45.2 Å². The number of rotatable bonds is 7. The normalized spacial score (nSPS) is 11.3. The summed E-state index contributed by atoms with van der Waals surface area (Å²) in [6.45, 7) is 7.51. The monoisotopic (exact) mass is 383 g/mol. The summed E-state index contributed by atoms with van der Waals surface area (Å²) in [5, 5.41) is 4.23. The number of carbonyl (C=O) groups is 1. The van der Waals surface area contributed by atoms with E-state index in [-0.39, 0.29) is 5.97 Å². The van der Waals surface area contributed by atoms with Crippen molar-refractivity contribution < 1.29 is 9.53 Å². The summed E-state index contributed by atoms with van der Waals surface area (Å²) in [6.07, 6.45) is 0.951. The van der Waals surface area contributed by atoms with E-state index in [1.54, 1.807) is 11.3 Å². The van der Waals surface area contributed by atoms with Crippen LogP contribution in [0.15, 0.2) is 29.6 Å². The van der Waals surface area contributed by atoms with Gasteiger partial charge in [0.15, 0.2) is 0 Å². The molecule has 0 saturated carbocycles. The number of thiazole rings is 1. The van der Waals surface area contributed by atoms with Crippen molar-refractivity contribution in [1.29, 1.82) is 0 Å². The number of fused-ring (bicyclic) bond motifs is 1. The summed E-state index contributed by atoms with van der Waals surface area (Å²) in [4.78, 5) is 24.2. The first-order valence-electron chi connectivity index (χ1n) is 9.20. The summed E-state index contributed by atoms with van der Waals surface area (Å²) in [5.41, 5.74) is 4.19. The minimum atomic E-state index is -0.307. The average molecular weight is 384 g/mol. The van der Waals surface area contributed by atoms with Crippen LogP contribution in [0.5, 0.6) is 0 Å². The highest BCUT2D eigenvalue weighted by molar-refractivity contribution is 7.09. The first-order valence-corrected chi connectivity index (χ1v) is 10.1. The van der Waals surface area contributed by atoms with Gasteiger partial charge in [-0.3, -0.25) is 9.88 Å². The van der Waals surface area contributed by atoms with Crippen LogP contribution in [0.3, 0.4) is 0 Å². The Labute approximate surface area is 164 Å². The van der Waals surface area contributed by atoms with E-state index in [9.17, 15) is 4.79 Å². The molecule has 5 nitrogen and oxygen atoms in total. The number of benzene rings is 1. The van der Waals surface area contributed by atoms with Crippen LogP contribution in [-0.2, 0) is 24.2 Å². The maximum atomic E-state index is 12.6. The average Bonchev–Trinajstić information content (AvgIpc) is 3.09. The number of nitrogens with zero attached hydrogens (tertiary/aromatic N) is 3. The van der Waals surface area contributed by atoms with Crippen LogP contribution >= 0.6 is 11.3 Å². The van der Waals surface area contributed by atoms with Crippen LogP contribution in [0.4, 0.5) is 0 Å². The van der Waals surface area contributed by atoms with Gasteiger partial charge in [-0.2, -0.15) is 0 Å². The zero-order valence-corrected chi connectivity index (χ0v) is 17.1. The molecule has 0 spiro atoms. The Bertz CT molecular complexity index is 952. The lowest BCUT2D eigenvalue weighted by atomic mass is 10.0. The number of ether oxygens (including phenoxy) is 1. The molecule has 0 bridgehead atoms. The second-order valence-corrected chi connectivity index (χ2v) is 7.50. The van der Waals surface area contributed by atoms with Gasteiger partial charge in [0.05, 0.1) is 34.1 Å². The highest BCUT2D eigenvalue weighted by Crippen LogP contribution is 2.25. The molecule has 142 valence electrons. The Hall–Kier alpha value is -2.31. The van der Waals surface area contributed by atoms with Gasteiger partial charge in [0, 0.05) is 23.9 Å². The molecule has 0 saturated heterocycles. The molecule has 0 radical (unpaired) electrons. The maximum absolute atomic E-state index is 12.6. The van der Waals surface area contributed by atoms with Crippen molar-refractivity contribution in [3.8, 4) is 0 Å². The molecule has 3 aromatic rings. The van der Waals surface area contributed by atoms with Crippen LogP contribution in [-0.4, -0.2) is 34.5 Å². The number of hydrogen-bond donors (Lipinski definition) is 0. The molecule has 0 aliphatic carbocycles. The SMILES string of the molecule is CCOC(=O)c1c(CN(C)Cc2csc(CC)n2)nc2ccccc2c1C. The van der Waals surface area contributed by atoms with E-state index in [0.717, 1.165) is 39.3 Å². The molecule has 27 heavy (non-hydrogen) atoms.